The van der Waals surface area contributed by atoms with Crippen molar-refractivity contribution in [3.8, 4) is 5.75 Å². The van der Waals surface area contributed by atoms with Crippen LogP contribution in [0.5, 0.6) is 5.75 Å². The Kier molecular flexibility index (Phi) is 4.79. The van der Waals surface area contributed by atoms with E-state index in [4.69, 9.17) is 0 Å². The first-order chi connectivity index (χ1) is 11.0. The van der Waals surface area contributed by atoms with Gasteiger partial charge in [-0.05, 0) is 86.2 Å². The van der Waals surface area contributed by atoms with E-state index in [1.807, 2.05) is 28.7 Å². The second kappa shape index (κ2) is 6.66. The molecule has 1 heterocycles. The molecule has 2 aromatic carbocycles. The Morgan fingerprint density at radius 1 is 1.17 bits per heavy atom. The monoisotopic (exact) mass is 501 g/mol. The van der Waals surface area contributed by atoms with E-state index in [9.17, 15) is 14.7 Å². The lowest BCUT2D eigenvalue weighted by Gasteiger charge is -2.11. The number of anilines is 1. The Labute approximate surface area is 158 Å². The van der Waals surface area contributed by atoms with Gasteiger partial charge in [0.15, 0.2) is 0 Å². The van der Waals surface area contributed by atoms with Crippen molar-refractivity contribution in [2.24, 2.45) is 0 Å². The zero-order valence-corrected chi connectivity index (χ0v) is 16.1. The van der Waals surface area contributed by atoms with Gasteiger partial charge in [0.05, 0.1) is 18.6 Å². The number of rotatable bonds is 2. The molecule has 3 rings (SSSR count). The van der Waals surface area contributed by atoms with Crippen molar-refractivity contribution in [1.29, 1.82) is 0 Å². The molecule has 2 amide bonds. The summed E-state index contributed by atoms with van der Waals surface area (Å²) < 4.78 is 1.20. The highest BCUT2D eigenvalue weighted by Gasteiger charge is 2.36. The Morgan fingerprint density at radius 2 is 1.87 bits per heavy atom. The third-order valence-corrected chi connectivity index (χ3v) is 5.44. The van der Waals surface area contributed by atoms with E-state index in [2.05, 4.69) is 15.9 Å². The number of nitrogens with zero attached hydrogens (tertiary/aromatic N) is 1. The van der Waals surface area contributed by atoms with Gasteiger partial charge in [-0.25, -0.2) is 4.90 Å². The van der Waals surface area contributed by atoms with Gasteiger partial charge in [-0.3, -0.25) is 9.59 Å². The van der Waals surface area contributed by atoms with Crippen LogP contribution in [0.2, 0.25) is 0 Å². The molecule has 0 bridgehead atoms. The van der Waals surface area contributed by atoms with E-state index in [0.717, 1.165) is 22.2 Å². The zero-order chi connectivity index (χ0) is 16.6. The smallest absolute Gasteiger partial charge is 0.298 e. The molecule has 7 heteroatoms. The number of para-hydroxylation sites is 1. The van der Waals surface area contributed by atoms with Crippen LogP contribution in [-0.4, -0.2) is 16.3 Å². The van der Waals surface area contributed by atoms with Gasteiger partial charge < -0.3 is 5.11 Å². The number of aromatic hydroxyl groups is 1. The molecule has 0 saturated carbocycles. The van der Waals surface area contributed by atoms with Gasteiger partial charge in [-0.2, -0.15) is 0 Å². The standard InChI is InChI=1S/C16H9BrINO3S/c17-11-6-9(7-12(18)14(11)20)8-13-15(21)19(16(22)23-13)10-4-2-1-3-5-10/h1-8,20H/b13-8-. The number of benzene rings is 2. The maximum absolute atomic E-state index is 12.5. The maximum Gasteiger partial charge on any atom is 0.298 e. The van der Waals surface area contributed by atoms with E-state index < -0.39 is 0 Å². The summed E-state index contributed by atoms with van der Waals surface area (Å²) in [5.74, 6) is -0.189. The summed E-state index contributed by atoms with van der Waals surface area (Å²) in [6.07, 6.45) is 1.65. The minimum Gasteiger partial charge on any atom is -0.506 e. The molecule has 1 N–H and O–H groups in total. The topological polar surface area (TPSA) is 57.6 Å². The number of carbonyl (C=O) groups is 2. The van der Waals surface area contributed by atoms with Crippen LogP contribution in [0.3, 0.4) is 0 Å². The molecular formula is C16H9BrINO3S. The third kappa shape index (κ3) is 3.31. The van der Waals surface area contributed by atoms with Crippen LogP contribution in [0.25, 0.3) is 6.08 Å². The largest absolute Gasteiger partial charge is 0.506 e. The molecule has 0 aromatic heterocycles. The van der Waals surface area contributed by atoms with Crippen LogP contribution in [-0.2, 0) is 4.79 Å². The quantitative estimate of drug-likeness (QED) is 0.464. The molecule has 1 aliphatic rings. The van der Waals surface area contributed by atoms with Gasteiger partial charge in [-0.15, -0.1) is 0 Å². The molecule has 0 spiro atoms. The van der Waals surface area contributed by atoms with Crippen LogP contribution < -0.4 is 4.90 Å². The SMILES string of the molecule is O=C1S/C(=C\c2cc(Br)c(O)c(I)c2)C(=O)N1c1ccccc1. The first kappa shape index (κ1) is 16.5. The average Bonchev–Trinajstić information content (AvgIpc) is 2.80. The third-order valence-electron chi connectivity index (χ3n) is 3.15. The highest BCUT2D eigenvalue weighted by molar-refractivity contribution is 14.1. The normalized spacial score (nSPS) is 16.4. The number of amides is 2. The minimum atomic E-state index is -0.342. The molecule has 0 unspecified atom stereocenters. The Morgan fingerprint density at radius 3 is 2.52 bits per heavy atom. The molecule has 0 aliphatic carbocycles. The fraction of sp³-hybridized carbons (Fsp3) is 0. The number of thioether (sulfide) groups is 1. The maximum atomic E-state index is 12.5. The lowest BCUT2D eigenvalue weighted by molar-refractivity contribution is -0.113. The summed E-state index contributed by atoms with van der Waals surface area (Å²) in [4.78, 5) is 26.2. The summed E-state index contributed by atoms with van der Waals surface area (Å²) >= 11 is 6.18. The first-order valence-corrected chi connectivity index (χ1v) is 9.17. The van der Waals surface area contributed by atoms with Crippen molar-refractivity contribution in [3.05, 3.63) is 61.0 Å². The molecule has 2 aromatic rings. The van der Waals surface area contributed by atoms with Gasteiger partial charge in [0, 0.05) is 0 Å². The van der Waals surface area contributed by atoms with Crippen molar-refractivity contribution >= 4 is 73.2 Å². The lowest BCUT2D eigenvalue weighted by Crippen LogP contribution is -2.27. The second-order valence-corrected chi connectivity index (χ2v) is 7.70. The highest BCUT2D eigenvalue weighted by Crippen LogP contribution is 2.37. The molecule has 23 heavy (non-hydrogen) atoms. The van der Waals surface area contributed by atoms with Gasteiger partial charge in [0.2, 0.25) is 0 Å². The number of hydrogen-bond donors (Lipinski definition) is 1. The summed E-state index contributed by atoms with van der Waals surface area (Å²) in [5.41, 5.74) is 1.29. The van der Waals surface area contributed by atoms with Crippen molar-refractivity contribution in [2.45, 2.75) is 0 Å². The lowest BCUT2D eigenvalue weighted by atomic mass is 10.2. The number of carbonyl (C=O) groups excluding carboxylic acids is 2. The zero-order valence-electron chi connectivity index (χ0n) is 11.5. The van der Waals surface area contributed by atoms with Crippen molar-refractivity contribution in [3.63, 3.8) is 0 Å². The number of phenolic OH excluding ortho intramolecular Hbond substituents is 1. The summed E-state index contributed by atoms with van der Waals surface area (Å²) in [7, 11) is 0. The summed E-state index contributed by atoms with van der Waals surface area (Å²) in [5, 5.41) is 9.45. The van der Waals surface area contributed by atoms with E-state index >= 15 is 0 Å². The van der Waals surface area contributed by atoms with E-state index in [1.54, 1.807) is 42.5 Å². The van der Waals surface area contributed by atoms with Gasteiger partial charge in [0.25, 0.3) is 11.1 Å². The molecule has 116 valence electrons. The number of phenols is 1. The fourth-order valence-electron chi connectivity index (χ4n) is 2.09. The molecule has 1 aliphatic heterocycles. The van der Waals surface area contributed by atoms with Gasteiger partial charge in [0.1, 0.15) is 5.75 Å². The predicted octanol–water partition coefficient (Wildman–Crippen LogP) is 5.00. The molecular weight excluding hydrogens is 493 g/mol. The van der Waals surface area contributed by atoms with Crippen molar-refractivity contribution in [2.75, 3.05) is 4.90 Å². The number of halogens is 2. The van der Waals surface area contributed by atoms with E-state index in [0.29, 0.717) is 18.6 Å². The Bertz CT molecular complexity index is 815. The molecule has 4 nitrogen and oxygen atoms in total. The van der Waals surface area contributed by atoms with Crippen LogP contribution in [0.15, 0.2) is 51.8 Å². The number of hydrogen-bond acceptors (Lipinski definition) is 4. The first-order valence-electron chi connectivity index (χ1n) is 6.48. The van der Waals surface area contributed by atoms with Crippen LogP contribution >= 0.6 is 50.3 Å². The number of imide groups is 1. The van der Waals surface area contributed by atoms with Crippen LogP contribution in [0, 0.1) is 3.57 Å². The summed E-state index contributed by atoms with van der Waals surface area (Å²) in [6, 6.07) is 12.3. The average molecular weight is 502 g/mol. The van der Waals surface area contributed by atoms with Gasteiger partial charge >= 0.3 is 0 Å². The Hall–Kier alpha value is -1.32. The van der Waals surface area contributed by atoms with Crippen LogP contribution in [0.1, 0.15) is 5.56 Å². The van der Waals surface area contributed by atoms with Crippen molar-refractivity contribution < 1.29 is 14.7 Å². The Balaban J connectivity index is 1.96. The van der Waals surface area contributed by atoms with Gasteiger partial charge in [-0.1, -0.05) is 18.2 Å². The predicted molar refractivity (Wildman–Crippen MR) is 103 cm³/mol. The van der Waals surface area contributed by atoms with E-state index in [1.165, 1.54) is 0 Å². The molecule has 0 radical (unpaired) electrons. The molecule has 1 saturated heterocycles. The second-order valence-electron chi connectivity index (χ2n) is 4.69. The fourth-order valence-corrected chi connectivity index (χ4v) is 4.43. The molecule has 1 fully saturated rings. The molecule has 0 atom stereocenters. The highest BCUT2D eigenvalue weighted by atomic mass is 127. The van der Waals surface area contributed by atoms with Crippen molar-refractivity contribution in [1.82, 2.24) is 0 Å². The van der Waals surface area contributed by atoms with Crippen LogP contribution in [0.4, 0.5) is 10.5 Å². The summed E-state index contributed by atoms with van der Waals surface area (Å²) in [6.45, 7) is 0. The van der Waals surface area contributed by atoms with E-state index in [-0.39, 0.29) is 16.9 Å². The minimum absolute atomic E-state index is 0.153.